The number of para-hydroxylation sites is 1. The molecule has 1 aromatic carbocycles. The molecule has 7 nitrogen and oxygen atoms in total. The lowest BCUT2D eigenvalue weighted by Gasteiger charge is -2.31. The fraction of sp³-hybridized carbons (Fsp3) is 0.526. The molecule has 0 spiro atoms. The van der Waals surface area contributed by atoms with Gasteiger partial charge in [-0.2, -0.15) is 0 Å². The lowest BCUT2D eigenvalue weighted by atomic mass is 9.97. The Bertz CT molecular complexity index is 641. The number of hydrogen-bond donors (Lipinski definition) is 1. The van der Waals surface area contributed by atoms with E-state index in [9.17, 15) is 14.4 Å². The number of rotatable bonds is 5. The summed E-state index contributed by atoms with van der Waals surface area (Å²) in [6, 6.07) is 9.17. The highest BCUT2D eigenvalue weighted by atomic mass is 16.5. The van der Waals surface area contributed by atoms with Crippen molar-refractivity contribution in [1.29, 1.82) is 0 Å². The summed E-state index contributed by atoms with van der Waals surface area (Å²) in [7, 11) is 0. The zero-order chi connectivity index (χ0) is 18.4. The number of carbonyl (C=O) groups is 3. The highest BCUT2D eigenvalue weighted by Crippen LogP contribution is 2.20. The number of nitrogens with one attached hydrogen (secondary N) is 1. The van der Waals surface area contributed by atoms with Gasteiger partial charge in [0, 0.05) is 31.7 Å². The number of nitrogens with zero attached hydrogens (tertiary/aromatic N) is 2. The van der Waals surface area contributed by atoms with Gasteiger partial charge < -0.3 is 19.9 Å². The maximum absolute atomic E-state index is 12.3. The number of urea groups is 1. The molecule has 0 radical (unpaired) electrons. The van der Waals surface area contributed by atoms with Crippen LogP contribution in [0.5, 0.6) is 0 Å². The van der Waals surface area contributed by atoms with Crippen molar-refractivity contribution < 1.29 is 19.1 Å². The minimum absolute atomic E-state index is 0.138. The molecule has 2 heterocycles. The van der Waals surface area contributed by atoms with Gasteiger partial charge in [-0.1, -0.05) is 18.2 Å². The van der Waals surface area contributed by atoms with Crippen molar-refractivity contribution in [2.24, 2.45) is 5.92 Å². The molecular formula is C19H25N3O4. The molecule has 2 aliphatic heterocycles. The van der Waals surface area contributed by atoms with Crippen molar-refractivity contribution in [3.63, 3.8) is 0 Å². The minimum atomic E-state index is -0.222. The van der Waals surface area contributed by atoms with Crippen LogP contribution in [-0.2, 0) is 14.3 Å². The molecule has 0 saturated carbocycles. The van der Waals surface area contributed by atoms with E-state index in [2.05, 4.69) is 5.32 Å². The third kappa shape index (κ3) is 4.74. The molecule has 0 unspecified atom stereocenters. The average Bonchev–Trinajstić information content (AvgIpc) is 3.07. The topological polar surface area (TPSA) is 79.0 Å². The zero-order valence-electron chi connectivity index (χ0n) is 14.9. The van der Waals surface area contributed by atoms with E-state index in [4.69, 9.17) is 4.74 Å². The quantitative estimate of drug-likeness (QED) is 0.817. The van der Waals surface area contributed by atoms with Gasteiger partial charge in [-0.15, -0.1) is 0 Å². The van der Waals surface area contributed by atoms with Gasteiger partial charge in [-0.3, -0.25) is 9.59 Å². The summed E-state index contributed by atoms with van der Waals surface area (Å²) < 4.78 is 5.33. The molecule has 7 heteroatoms. The van der Waals surface area contributed by atoms with Crippen molar-refractivity contribution in [3.05, 3.63) is 30.3 Å². The average molecular weight is 359 g/mol. The molecule has 3 amide bonds. The van der Waals surface area contributed by atoms with Crippen LogP contribution >= 0.6 is 0 Å². The summed E-state index contributed by atoms with van der Waals surface area (Å²) in [6.45, 7) is 2.54. The number of anilines is 1. The molecule has 2 aliphatic rings. The predicted octanol–water partition coefficient (Wildman–Crippen LogP) is 2.10. The molecular weight excluding hydrogens is 334 g/mol. The Hall–Kier alpha value is -2.57. The standard InChI is InChI=1S/C19H25N3O4/c23-17-7-4-10-21(17)13-14-26-18(24)15-8-11-22(12-9-15)19(25)20-16-5-2-1-3-6-16/h1-3,5-6,15H,4,7-14H2,(H,20,25). The van der Waals surface area contributed by atoms with Crippen LogP contribution in [0.1, 0.15) is 25.7 Å². The van der Waals surface area contributed by atoms with Crippen molar-refractivity contribution in [1.82, 2.24) is 9.80 Å². The van der Waals surface area contributed by atoms with Crippen LogP contribution in [-0.4, -0.2) is 60.5 Å². The Morgan fingerprint density at radius 2 is 1.85 bits per heavy atom. The van der Waals surface area contributed by atoms with E-state index in [1.165, 1.54) is 0 Å². The first-order valence-corrected chi connectivity index (χ1v) is 9.19. The van der Waals surface area contributed by atoms with Crippen LogP contribution in [0.4, 0.5) is 10.5 Å². The van der Waals surface area contributed by atoms with Gasteiger partial charge in [0.05, 0.1) is 12.5 Å². The largest absolute Gasteiger partial charge is 0.464 e. The second-order valence-corrected chi connectivity index (χ2v) is 6.71. The Kier molecular flexibility index (Phi) is 6.09. The van der Waals surface area contributed by atoms with E-state index in [0.29, 0.717) is 38.9 Å². The first-order chi connectivity index (χ1) is 12.6. The molecule has 0 atom stereocenters. The Morgan fingerprint density at radius 1 is 1.12 bits per heavy atom. The van der Waals surface area contributed by atoms with E-state index in [1.807, 2.05) is 30.3 Å². The summed E-state index contributed by atoms with van der Waals surface area (Å²) in [4.78, 5) is 39.4. The van der Waals surface area contributed by atoms with E-state index < -0.39 is 0 Å². The van der Waals surface area contributed by atoms with Gasteiger partial charge in [-0.25, -0.2) is 4.79 Å². The smallest absolute Gasteiger partial charge is 0.321 e. The van der Waals surface area contributed by atoms with Crippen molar-refractivity contribution >= 4 is 23.6 Å². The number of benzene rings is 1. The Morgan fingerprint density at radius 3 is 2.50 bits per heavy atom. The van der Waals surface area contributed by atoms with E-state index >= 15 is 0 Å². The SMILES string of the molecule is O=C(OCCN1CCCC1=O)C1CCN(C(=O)Nc2ccccc2)CC1. The Labute approximate surface area is 153 Å². The van der Waals surface area contributed by atoms with Crippen LogP contribution < -0.4 is 5.32 Å². The summed E-state index contributed by atoms with van der Waals surface area (Å²) in [5.41, 5.74) is 0.760. The first kappa shape index (κ1) is 18.2. The number of carbonyl (C=O) groups excluding carboxylic acids is 3. The monoisotopic (exact) mass is 359 g/mol. The molecule has 1 aromatic rings. The maximum atomic E-state index is 12.3. The molecule has 1 N–H and O–H groups in total. The fourth-order valence-electron chi connectivity index (χ4n) is 3.36. The van der Waals surface area contributed by atoms with Crippen LogP contribution in [0.15, 0.2) is 30.3 Å². The zero-order valence-corrected chi connectivity index (χ0v) is 14.9. The highest BCUT2D eigenvalue weighted by molar-refractivity contribution is 5.89. The van der Waals surface area contributed by atoms with Gasteiger partial charge in [-0.05, 0) is 31.4 Å². The van der Waals surface area contributed by atoms with Gasteiger partial charge in [0.15, 0.2) is 0 Å². The number of hydrogen-bond acceptors (Lipinski definition) is 4. The fourth-order valence-corrected chi connectivity index (χ4v) is 3.36. The molecule has 0 aromatic heterocycles. The number of piperidine rings is 1. The molecule has 3 rings (SSSR count). The van der Waals surface area contributed by atoms with Crippen molar-refractivity contribution in [2.45, 2.75) is 25.7 Å². The number of esters is 1. The molecule has 0 aliphatic carbocycles. The number of likely N-dealkylation sites (tertiary alicyclic amines) is 2. The van der Waals surface area contributed by atoms with Crippen LogP contribution in [0.2, 0.25) is 0 Å². The molecule has 140 valence electrons. The van der Waals surface area contributed by atoms with Gasteiger partial charge >= 0.3 is 12.0 Å². The van der Waals surface area contributed by atoms with Crippen LogP contribution in [0, 0.1) is 5.92 Å². The van der Waals surface area contributed by atoms with Crippen molar-refractivity contribution in [2.75, 3.05) is 38.1 Å². The molecule has 2 saturated heterocycles. The molecule has 26 heavy (non-hydrogen) atoms. The second-order valence-electron chi connectivity index (χ2n) is 6.71. The van der Waals surface area contributed by atoms with Crippen molar-refractivity contribution in [3.8, 4) is 0 Å². The third-order valence-corrected chi connectivity index (χ3v) is 4.92. The molecule has 2 fully saturated rings. The lowest BCUT2D eigenvalue weighted by molar-refractivity contribution is -0.151. The third-order valence-electron chi connectivity index (χ3n) is 4.92. The number of amides is 3. The Balaban J connectivity index is 1.36. The van der Waals surface area contributed by atoms with E-state index in [1.54, 1.807) is 9.80 Å². The van der Waals surface area contributed by atoms with Gasteiger partial charge in [0.2, 0.25) is 5.91 Å². The summed E-state index contributed by atoms with van der Waals surface area (Å²) in [5, 5.41) is 2.86. The molecule has 0 bridgehead atoms. The first-order valence-electron chi connectivity index (χ1n) is 9.19. The number of ether oxygens (including phenoxy) is 1. The van der Waals surface area contributed by atoms with Crippen LogP contribution in [0.3, 0.4) is 0 Å². The van der Waals surface area contributed by atoms with E-state index in [-0.39, 0.29) is 30.4 Å². The minimum Gasteiger partial charge on any atom is -0.464 e. The predicted molar refractivity (Wildman–Crippen MR) is 96.5 cm³/mol. The lowest BCUT2D eigenvalue weighted by Crippen LogP contribution is -2.43. The maximum Gasteiger partial charge on any atom is 0.321 e. The summed E-state index contributed by atoms with van der Waals surface area (Å²) in [6.07, 6.45) is 2.68. The normalized spacial score (nSPS) is 18.1. The highest BCUT2D eigenvalue weighted by Gasteiger charge is 2.29. The van der Waals surface area contributed by atoms with Gasteiger partial charge in [0.25, 0.3) is 0 Å². The summed E-state index contributed by atoms with van der Waals surface area (Å²) >= 11 is 0. The van der Waals surface area contributed by atoms with Gasteiger partial charge in [0.1, 0.15) is 6.61 Å². The van der Waals surface area contributed by atoms with E-state index in [0.717, 1.165) is 18.7 Å². The van der Waals surface area contributed by atoms with Crippen LogP contribution in [0.25, 0.3) is 0 Å². The summed E-state index contributed by atoms with van der Waals surface area (Å²) in [5.74, 6) is -0.261. The second kappa shape index (κ2) is 8.69.